The average molecular weight is 704 g/mol. The van der Waals surface area contributed by atoms with Crippen LogP contribution in [-0.4, -0.2) is 70.7 Å². The van der Waals surface area contributed by atoms with Gasteiger partial charge < -0.3 is 27.9 Å². The van der Waals surface area contributed by atoms with Crippen molar-refractivity contribution in [2.75, 3.05) is 54.1 Å². The Bertz CT molecular complexity index is 787. The number of quaternary nitrogens is 1. The van der Waals surface area contributed by atoms with E-state index in [1.165, 1.54) is 109 Å². The molecule has 286 valence electrons. The second-order valence-electron chi connectivity index (χ2n) is 14.6. The van der Waals surface area contributed by atoms with E-state index in [1.54, 1.807) is 0 Å². The summed E-state index contributed by atoms with van der Waals surface area (Å²) >= 11 is 0. The molecule has 8 nitrogen and oxygen atoms in total. The van der Waals surface area contributed by atoms with Gasteiger partial charge in [0.25, 0.3) is 7.82 Å². The molecule has 2 unspecified atom stereocenters. The number of unbranched alkanes of at least 4 members (excludes halogenated alkanes) is 21. The number of likely N-dealkylation sites (N-methyl/N-ethyl adjacent to an activating group) is 1. The largest absolute Gasteiger partial charge is 0.756 e. The van der Waals surface area contributed by atoms with E-state index in [0.717, 1.165) is 44.9 Å². The van der Waals surface area contributed by atoms with E-state index in [4.69, 9.17) is 18.5 Å². The van der Waals surface area contributed by atoms with Crippen molar-refractivity contribution in [1.29, 1.82) is 0 Å². The molecule has 0 spiro atoms. The first kappa shape index (κ1) is 47.2. The first-order valence-electron chi connectivity index (χ1n) is 19.9. The fourth-order valence-corrected chi connectivity index (χ4v) is 6.15. The van der Waals surface area contributed by atoms with Crippen LogP contribution in [0.3, 0.4) is 0 Å². The Morgan fingerprint density at radius 3 is 1.58 bits per heavy atom. The lowest BCUT2D eigenvalue weighted by molar-refractivity contribution is -0.870. The van der Waals surface area contributed by atoms with Crippen LogP contribution in [0.1, 0.15) is 174 Å². The quantitative estimate of drug-likeness (QED) is 0.0209. The molecule has 0 aromatic heterocycles. The highest BCUT2D eigenvalue weighted by Crippen LogP contribution is 2.38. The number of esters is 1. The van der Waals surface area contributed by atoms with Gasteiger partial charge in [-0.25, -0.2) is 0 Å². The first-order valence-corrected chi connectivity index (χ1v) is 21.4. The Balaban J connectivity index is 4.26. The number of ether oxygens (including phenoxy) is 2. The number of nitrogens with zero attached hydrogens (tertiary/aromatic N) is 1. The normalized spacial score (nSPS) is 14.0. The number of carbonyl (C=O) groups is 1. The second-order valence-corrected chi connectivity index (χ2v) is 16.1. The van der Waals surface area contributed by atoms with Crippen molar-refractivity contribution in [1.82, 2.24) is 0 Å². The minimum absolute atomic E-state index is 0.0273. The monoisotopic (exact) mass is 704 g/mol. The fourth-order valence-electron chi connectivity index (χ4n) is 5.42. The molecule has 0 aliphatic heterocycles. The lowest BCUT2D eigenvalue weighted by atomic mass is 10.1. The molecule has 0 rings (SSSR count). The van der Waals surface area contributed by atoms with Crippen LogP contribution >= 0.6 is 7.82 Å². The van der Waals surface area contributed by atoms with Gasteiger partial charge in [0, 0.05) is 13.0 Å². The summed E-state index contributed by atoms with van der Waals surface area (Å²) in [6.07, 6.45) is 33.6. The standard InChI is InChI=1S/C39H78NO7P/c1-6-8-10-12-14-16-18-19-20-21-22-23-24-26-28-30-32-39(41)47-38(37-46-48(42,43)45-35-33-40(3,4)5)36-44-34-31-29-27-25-17-15-13-11-9-7-2/h20-21,38H,6-19,22-37H2,1-5H3/b21-20-. The van der Waals surface area contributed by atoms with Gasteiger partial charge in [0.05, 0.1) is 34.4 Å². The van der Waals surface area contributed by atoms with Crippen LogP contribution in [0.4, 0.5) is 0 Å². The van der Waals surface area contributed by atoms with E-state index >= 15 is 0 Å². The van der Waals surface area contributed by atoms with E-state index in [2.05, 4.69) is 26.0 Å². The van der Waals surface area contributed by atoms with Gasteiger partial charge in [0.2, 0.25) is 0 Å². The van der Waals surface area contributed by atoms with Gasteiger partial charge >= 0.3 is 5.97 Å². The Kier molecular flexibility index (Phi) is 32.9. The molecule has 0 aliphatic carbocycles. The van der Waals surface area contributed by atoms with Gasteiger partial charge in [-0.15, -0.1) is 0 Å². The van der Waals surface area contributed by atoms with Crippen LogP contribution < -0.4 is 4.89 Å². The summed E-state index contributed by atoms with van der Waals surface area (Å²) in [7, 11) is 1.36. The second kappa shape index (κ2) is 33.4. The number of allylic oxidation sites excluding steroid dienone is 2. The van der Waals surface area contributed by atoms with Crippen LogP contribution in [0.5, 0.6) is 0 Å². The molecular formula is C39H78NO7P. The summed E-state index contributed by atoms with van der Waals surface area (Å²) in [4.78, 5) is 24.9. The minimum Gasteiger partial charge on any atom is -0.756 e. The number of hydrogen-bond donors (Lipinski definition) is 0. The lowest BCUT2D eigenvalue weighted by Gasteiger charge is -2.28. The zero-order valence-electron chi connectivity index (χ0n) is 32.2. The Morgan fingerprint density at radius 2 is 1.08 bits per heavy atom. The number of hydrogen-bond acceptors (Lipinski definition) is 7. The average Bonchev–Trinajstić information content (AvgIpc) is 3.03. The van der Waals surface area contributed by atoms with Gasteiger partial charge in [0.15, 0.2) is 0 Å². The molecule has 9 heteroatoms. The lowest BCUT2D eigenvalue weighted by Crippen LogP contribution is -2.37. The van der Waals surface area contributed by atoms with Crippen molar-refractivity contribution in [2.24, 2.45) is 0 Å². The molecule has 48 heavy (non-hydrogen) atoms. The predicted molar refractivity (Wildman–Crippen MR) is 199 cm³/mol. The number of rotatable bonds is 37. The fraction of sp³-hybridized carbons (Fsp3) is 0.923. The molecule has 0 radical (unpaired) electrons. The van der Waals surface area contributed by atoms with Crippen LogP contribution in [0.25, 0.3) is 0 Å². The van der Waals surface area contributed by atoms with Crippen molar-refractivity contribution >= 4 is 13.8 Å². The maximum Gasteiger partial charge on any atom is 0.306 e. The summed E-state index contributed by atoms with van der Waals surface area (Å²) in [5.41, 5.74) is 0. The third kappa shape index (κ3) is 36.5. The molecule has 0 aliphatic rings. The predicted octanol–water partition coefficient (Wildman–Crippen LogP) is 10.5. The van der Waals surface area contributed by atoms with E-state index in [9.17, 15) is 14.3 Å². The highest BCUT2D eigenvalue weighted by atomic mass is 31.2. The molecule has 2 atom stereocenters. The molecule has 0 aromatic rings. The smallest absolute Gasteiger partial charge is 0.306 e. The summed E-state index contributed by atoms with van der Waals surface area (Å²) in [5.74, 6) is -0.342. The van der Waals surface area contributed by atoms with Gasteiger partial charge in [0.1, 0.15) is 19.3 Å². The zero-order valence-corrected chi connectivity index (χ0v) is 33.1. The highest BCUT2D eigenvalue weighted by molar-refractivity contribution is 7.45. The van der Waals surface area contributed by atoms with E-state index in [-0.39, 0.29) is 25.8 Å². The Hall–Kier alpha value is -0.760. The van der Waals surface area contributed by atoms with Crippen LogP contribution in [-0.2, 0) is 27.9 Å². The Labute approximate surface area is 297 Å². The Morgan fingerprint density at radius 1 is 0.625 bits per heavy atom. The topological polar surface area (TPSA) is 94.1 Å². The van der Waals surface area contributed by atoms with Crippen molar-refractivity contribution in [3.05, 3.63) is 12.2 Å². The molecule has 0 fully saturated rings. The van der Waals surface area contributed by atoms with E-state index in [0.29, 0.717) is 24.1 Å². The molecule has 0 heterocycles. The third-order valence-electron chi connectivity index (χ3n) is 8.57. The maximum atomic E-state index is 12.6. The molecule has 0 saturated carbocycles. The van der Waals surface area contributed by atoms with Crippen molar-refractivity contribution in [2.45, 2.75) is 180 Å². The molecule has 0 aromatic carbocycles. The van der Waals surface area contributed by atoms with Gasteiger partial charge in [-0.1, -0.05) is 142 Å². The van der Waals surface area contributed by atoms with Crippen molar-refractivity contribution < 1.29 is 37.3 Å². The minimum atomic E-state index is -4.51. The van der Waals surface area contributed by atoms with Gasteiger partial charge in [-0.3, -0.25) is 9.36 Å². The summed E-state index contributed by atoms with van der Waals surface area (Å²) in [5, 5.41) is 0. The SMILES string of the molecule is CCCCCCCCC/C=C\CCCCCCCC(=O)OC(COCCCCCCCCCCCC)COP(=O)([O-])OCC[N+](C)(C)C. The van der Waals surface area contributed by atoms with Crippen LogP contribution in [0.15, 0.2) is 12.2 Å². The molecule has 0 bridgehead atoms. The third-order valence-corrected chi connectivity index (χ3v) is 9.53. The number of carbonyl (C=O) groups excluding carboxylic acids is 1. The molecular weight excluding hydrogens is 625 g/mol. The highest BCUT2D eigenvalue weighted by Gasteiger charge is 2.20. The first-order chi connectivity index (χ1) is 23.1. The summed E-state index contributed by atoms with van der Waals surface area (Å²) in [6.45, 7) is 5.40. The molecule has 0 amide bonds. The van der Waals surface area contributed by atoms with Crippen molar-refractivity contribution in [3.63, 3.8) is 0 Å². The molecule has 0 saturated heterocycles. The van der Waals surface area contributed by atoms with Gasteiger partial charge in [-0.2, -0.15) is 0 Å². The maximum absolute atomic E-state index is 12.6. The molecule has 0 N–H and O–H groups in total. The van der Waals surface area contributed by atoms with Crippen LogP contribution in [0, 0.1) is 0 Å². The zero-order chi connectivity index (χ0) is 35.6. The van der Waals surface area contributed by atoms with E-state index in [1.807, 2.05) is 21.1 Å². The van der Waals surface area contributed by atoms with Crippen molar-refractivity contribution in [3.8, 4) is 0 Å². The number of phosphoric ester groups is 1. The van der Waals surface area contributed by atoms with E-state index < -0.39 is 13.9 Å². The van der Waals surface area contributed by atoms with Gasteiger partial charge in [-0.05, 0) is 38.5 Å². The summed E-state index contributed by atoms with van der Waals surface area (Å²) in [6, 6.07) is 0. The summed E-state index contributed by atoms with van der Waals surface area (Å²) < 4.78 is 34.4. The van der Waals surface area contributed by atoms with Crippen LogP contribution in [0.2, 0.25) is 0 Å². The number of phosphoric acid groups is 1.